The lowest BCUT2D eigenvalue weighted by Gasteiger charge is -2.18. The van der Waals surface area contributed by atoms with Crippen LogP contribution in [-0.4, -0.2) is 30.4 Å². The number of carbonyl (C=O) groups is 1. The number of hydrogen-bond acceptors (Lipinski definition) is 2. The maximum Gasteiger partial charge on any atom is 0.236 e. The Bertz CT molecular complexity index is 399. The molecule has 3 nitrogen and oxygen atoms in total. The van der Waals surface area contributed by atoms with Crippen LogP contribution in [0.4, 0.5) is 0 Å². The number of nitrogens with zero attached hydrogens (tertiary/aromatic N) is 1. The average Bonchev–Trinajstić information content (AvgIpc) is 2.90. The van der Waals surface area contributed by atoms with E-state index in [1.807, 2.05) is 29.2 Å². The van der Waals surface area contributed by atoms with Crippen molar-refractivity contribution in [1.82, 2.24) is 10.2 Å². The van der Waals surface area contributed by atoms with Gasteiger partial charge in [-0.25, -0.2) is 0 Å². The molecule has 1 aliphatic heterocycles. The summed E-state index contributed by atoms with van der Waals surface area (Å²) >= 11 is 5.85. The fraction of sp³-hybridized carbons (Fsp3) is 0.500. The summed E-state index contributed by atoms with van der Waals surface area (Å²) in [4.78, 5) is 13.8. The Kier molecular flexibility index (Phi) is 4.61. The summed E-state index contributed by atoms with van der Waals surface area (Å²) in [6.07, 6.45) is 2.27. The summed E-state index contributed by atoms with van der Waals surface area (Å²) in [6.45, 7) is 4.29. The molecule has 1 N–H and O–H groups in total. The molecule has 98 valence electrons. The summed E-state index contributed by atoms with van der Waals surface area (Å²) in [5.41, 5.74) is 1.15. The van der Waals surface area contributed by atoms with Crippen molar-refractivity contribution >= 4 is 17.5 Å². The molecule has 1 unspecified atom stereocenters. The summed E-state index contributed by atoms with van der Waals surface area (Å²) in [5, 5.41) is 4.00. The van der Waals surface area contributed by atoms with Crippen molar-refractivity contribution in [3.63, 3.8) is 0 Å². The predicted molar refractivity (Wildman–Crippen MR) is 73.7 cm³/mol. The van der Waals surface area contributed by atoms with Crippen LogP contribution in [0.1, 0.15) is 31.4 Å². The van der Waals surface area contributed by atoms with E-state index in [2.05, 4.69) is 12.2 Å². The number of rotatable bonds is 4. The minimum Gasteiger partial charge on any atom is -0.342 e. The Morgan fingerprint density at radius 3 is 2.56 bits per heavy atom. The fourth-order valence-corrected chi connectivity index (χ4v) is 2.31. The Labute approximate surface area is 113 Å². The van der Waals surface area contributed by atoms with Crippen LogP contribution in [0.3, 0.4) is 0 Å². The number of carbonyl (C=O) groups excluding carboxylic acids is 1. The lowest BCUT2D eigenvalue weighted by atomic mass is 10.1. The van der Waals surface area contributed by atoms with Gasteiger partial charge >= 0.3 is 0 Å². The molecule has 0 aromatic heterocycles. The molecular formula is C14H19ClN2O. The third kappa shape index (κ3) is 3.47. The van der Waals surface area contributed by atoms with E-state index in [9.17, 15) is 4.79 Å². The zero-order chi connectivity index (χ0) is 13.0. The van der Waals surface area contributed by atoms with E-state index in [1.54, 1.807) is 0 Å². The van der Waals surface area contributed by atoms with Gasteiger partial charge in [0.15, 0.2) is 0 Å². The van der Waals surface area contributed by atoms with E-state index in [0.717, 1.165) is 36.5 Å². The molecule has 2 rings (SSSR count). The quantitative estimate of drug-likeness (QED) is 0.909. The second-order valence-corrected chi connectivity index (χ2v) is 5.18. The first-order valence-corrected chi connectivity index (χ1v) is 6.81. The number of amides is 1. The molecule has 0 radical (unpaired) electrons. The normalized spacial score (nSPS) is 16.9. The maximum absolute atomic E-state index is 11.9. The fourth-order valence-electron chi connectivity index (χ4n) is 2.19. The van der Waals surface area contributed by atoms with Crippen molar-refractivity contribution < 1.29 is 4.79 Å². The monoisotopic (exact) mass is 266 g/mol. The van der Waals surface area contributed by atoms with Crippen molar-refractivity contribution in [1.29, 1.82) is 0 Å². The van der Waals surface area contributed by atoms with Crippen LogP contribution < -0.4 is 5.32 Å². The van der Waals surface area contributed by atoms with Crippen LogP contribution in [0.2, 0.25) is 5.02 Å². The number of halogens is 1. The van der Waals surface area contributed by atoms with Crippen molar-refractivity contribution in [2.24, 2.45) is 0 Å². The molecular weight excluding hydrogens is 248 g/mol. The Morgan fingerprint density at radius 1 is 1.33 bits per heavy atom. The van der Waals surface area contributed by atoms with Gasteiger partial charge in [-0.2, -0.15) is 0 Å². The van der Waals surface area contributed by atoms with Gasteiger partial charge in [0.05, 0.1) is 6.54 Å². The highest BCUT2D eigenvalue weighted by Crippen LogP contribution is 2.16. The van der Waals surface area contributed by atoms with Gasteiger partial charge in [-0.15, -0.1) is 0 Å². The maximum atomic E-state index is 11.9. The summed E-state index contributed by atoms with van der Waals surface area (Å²) < 4.78 is 0. The molecule has 1 fully saturated rings. The van der Waals surface area contributed by atoms with Gasteiger partial charge in [0, 0.05) is 24.2 Å². The second-order valence-electron chi connectivity index (χ2n) is 4.74. The van der Waals surface area contributed by atoms with Gasteiger partial charge in [-0.3, -0.25) is 4.79 Å². The molecule has 1 amide bonds. The minimum atomic E-state index is 0.161. The highest BCUT2D eigenvalue weighted by Gasteiger charge is 2.18. The predicted octanol–water partition coefficient (Wildman–Crippen LogP) is 2.61. The van der Waals surface area contributed by atoms with Gasteiger partial charge in [0.25, 0.3) is 0 Å². The summed E-state index contributed by atoms with van der Waals surface area (Å²) in [7, 11) is 0. The van der Waals surface area contributed by atoms with Crippen LogP contribution in [-0.2, 0) is 4.79 Å². The number of hydrogen-bond donors (Lipinski definition) is 1. The van der Waals surface area contributed by atoms with Crippen LogP contribution in [0, 0.1) is 0 Å². The first kappa shape index (κ1) is 13.4. The molecule has 18 heavy (non-hydrogen) atoms. The highest BCUT2D eigenvalue weighted by atomic mass is 35.5. The van der Waals surface area contributed by atoms with Crippen LogP contribution >= 0.6 is 11.6 Å². The lowest BCUT2D eigenvalue weighted by Crippen LogP contribution is -2.37. The van der Waals surface area contributed by atoms with Crippen LogP contribution in [0.15, 0.2) is 24.3 Å². The largest absolute Gasteiger partial charge is 0.342 e. The summed E-state index contributed by atoms with van der Waals surface area (Å²) in [6, 6.07) is 7.88. The summed E-state index contributed by atoms with van der Waals surface area (Å²) in [5.74, 6) is 0.202. The SMILES string of the molecule is CC(NCC(=O)N1CCCC1)c1ccc(Cl)cc1. The van der Waals surface area contributed by atoms with E-state index in [1.165, 1.54) is 0 Å². The van der Waals surface area contributed by atoms with Crippen molar-refractivity contribution in [2.75, 3.05) is 19.6 Å². The molecule has 0 spiro atoms. The van der Waals surface area contributed by atoms with Gasteiger partial charge < -0.3 is 10.2 Å². The van der Waals surface area contributed by atoms with Gasteiger partial charge in [-0.1, -0.05) is 23.7 Å². The standard InChI is InChI=1S/C14H19ClN2O/c1-11(12-4-6-13(15)7-5-12)16-10-14(18)17-8-2-3-9-17/h4-7,11,16H,2-3,8-10H2,1H3. The van der Waals surface area contributed by atoms with E-state index < -0.39 is 0 Å². The molecule has 0 bridgehead atoms. The highest BCUT2D eigenvalue weighted by molar-refractivity contribution is 6.30. The molecule has 0 saturated carbocycles. The second kappa shape index (κ2) is 6.21. The molecule has 0 aliphatic carbocycles. The van der Waals surface area contributed by atoms with E-state index in [0.29, 0.717) is 6.54 Å². The third-order valence-corrected chi connectivity index (χ3v) is 3.64. The molecule has 1 aliphatic rings. The van der Waals surface area contributed by atoms with Crippen molar-refractivity contribution in [3.8, 4) is 0 Å². The first-order valence-electron chi connectivity index (χ1n) is 6.43. The Morgan fingerprint density at radius 2 is 1.94 bits per heavy atom. The molecule has 1 heterocycles. The smallest absolute Gasteiger partial charge is 0.236 e. The van der Waals surface area contributed by atoms with Gasteiger partial charge in [-0.05, 0) is 37.5 Å². The topological polar surface area (TPSA) is 32.3 Å². The molecule has 1 saturated heterocycles. The molecule has 4 heteroatoms. The van der Waals surface area contributed by atoms with E-state index in [4.69, 9.17) is 11.6 Å². The zero-order valence-electron chi connectivity index (χ0n) is 10.7. The van der Waals surface area contributed by atoms with Crippen molar-refractivity contribution in [3.05, 3.63) is 34.9 Å². The third-order valence-electron chi connectivity index (χ3n) is 3.39. The van der Waals surface area contributed by atoms with Crippen LogP contribution in [0.5, 0.6) is 0 Å². The van der Waals surface area contributed by atoms with Crippen LogP contribution in [0.25, 0.3) is 0 Å². The Hall–Kier alpha value is -1.06. The number of likely N-dealkylation sites (tertiary alicyclic amines) is 1. The lowest BCUT2D eigenvalue weighted by molar-refractivity contribution is -0.129. The Balaban J connectivity index is 1.82. The number of benzene rings is 1. The molecule has 1 aromatic rings. The van der Waals surface area contributed by atoms with Gasteiger partial charge in [0.2, 0.25) is 5.91 Å². The van der Waals surface area contributed by atoms with E-state index >= 15 is 0 Å². The average molecular weight is 267 g/mol. The number of nitrogens with one attached hydrogen (secondary N) is 1. The zero-order valence-corrected chi connectivity index (χ0v) is 11.4. The minimum absolute atomic E-state index is 0.161. The molecule has 1 atom stereocenters. The first-order chi connectivity index (χ1) is 8.66. The molecule has 1 aromatic carbocycles. The van der Waals surface area contributed by atoms with Crippen molar-refractivity contribution in [2.45, 2.75) is 25.8 Å². The van der Waals surface area contributed by atoms with Gasteiger partial charge in [0.1, 0.15) is 0 Å². The van der Waals surface area contributed by atoms with E-state index in [-0.39, 0.29) is 11.9 Å².